The van der Waals surface area contributed by atoms with E-state index in [1.54, 1.807) is 0 Å². The van der Waals surface area contributed by atoms with Crippen LogP contribution in [0.1, 0.15) is 0 Å². The second-order valence-electron chi connectivity index (χ2n) is 13.7. The van der Waals surface area contributed by atoms with Gasteiger partial charge in [-0.25, -0.2) is 0 Å². The Morgan fingerprint density at radius 1 is 0.340 bits per heavy atom. The van der Waals surface area contributed by atoms with Crippen molar-refractivity contribution < 1.29 is 0 Å². The van der Waals surface area contributed by atoms with Crippen LogP contribution in [0.15, 0.2) is 188 Å². The van der Waals surface area contributed by atoms with Gasteiger partial charge in [0.2, 0.25) is 0 Å². The Bertz CT molecular complexity index is 3150. The minimum Gasteiger partial charge on any atom is -0.309 e. The first-order chi connectivity index (χ1) is 26.3. The van der Waals surface area contributed by atoms with Crippen molar-refractivity contribution >= 4 is 102 Å². The summed E-state index contributed by atoms with van der Waals surface area (Å²) < 4.78 is 5.34. The summed E-state index contributed by atoms with van der Waals surface area (Å²) in [5.74, 6) is 0. The lowest BCUT2D eigenvalue weighted by atomic mass is 9.93. The van der Waals surface area contributed by atoms with Gasteiger partial charge in [0.15, 0.2) is 0 Å². The van der Waals surface area contributed by atoms with Crippen LogP contribution in [0.5, 0.6) is 0 Å². The molecule has 3 heteroatoms. The van der Waals surface area contributed by atoms with Crippen molar-refractivity contribution in [3.8, 4) is 22.3 Å². The molecule has 0 aliphatic rings. The van der Waals surface area contributed by atoms with Gasteiger partial charge in [-0.05, 0) is 92.3 Å². The van der Waals surface area contributed by atoms with E-state index in [0.717, 1.165) is 11.4 Å². The van der Waals surface area contributed by atoms with Crippen molar-refractivity contribution in [1.82, 2.24) is 0 Å². The second kappa shape index (κ2) is 12.2. The quantitative estimate of drug-likeness (QED) is 0.161. The van der Waals surface area contributed by atoms with Gasteiger partial charge in [-0.2, -0.15) is 0 Å². The standard InChI is InChI=1S/C50H31NS2/c1-2-11-32(12-3-1)33-21-25-36(26-22-33)51(37-27-23-34(24-28-37)44-31-35-13-4-5-14-38(35)39-15-6-7-16-40(39)44)45-19-10-18-41-42-29-30-47-48(50(42)53-49(41)45)43-17-8-9-20-46(43)52-47/h1-31H. The lowest BCUT2D eigenvalue weighted by Gasteiger charge is -2.26. The third kappa shape index (κ3) is 4.89. The zero-order chi connectivity index (χ0) is 34.9. The highest BCUT2D eigenvalue weighted by Crippen LogP contribution is 2.49. The van der Waals surface area contributed by atoms with E-state index in [2.05, 4.69) is 193 Å². The third-order valence-corrected chi connectivity index (χ3v) is 13.1. The van der Waals surface area contributed by atoms with Crippen molar-refractivity contribution in [2.24, 2.45) is 0 Å². The van der Waals surface area contributed by atoms with E-state index >= 15 is 0 Å². The van der Waals surface area contributed by atoms with Gasteiger partial charge in [0, 0.05) is 47.0 Å². The SMILES string of the molecule is c1ccc(-c2ccc(N(c3ccc(-c4cc5ccccc5c5ccccc45)cc3)c3cccc4c3sc3c4ccc4sc5ccccc5c43)cc2)cc1. The predicted molar refractivity (Wildman–Crippen MR) is 233 cm³/mol. The van der Waals surface area contributed by atoms with Gasteiger partial charge < -0.3 is 4.90 Å². The largest absolute Gasteiger partial charge is 0.309 e. The van der Waals surface area contributed by atoms with Crippen LogP contribution in [0.3, 0.4) is 0 Å². The van der Waals surface area contributed by atoms with Gasteiger partial charge >= 0.3 is 0 Å². The number of hydrogen-bond donors (Lipinski definition) is 0. The molecular formula is C50H31NS2. The molecule has 0 unspecified atom stereocenters. The highest BCUT2D eigenvalue weighted by atomic mass is 32.1. The number of nitrogens with zero attached hydrogens (tertiary/aromatic N) is 1. The molecule has 11 aromatic rings. The van der Waals surface area contributed by atoms with Crippen molar-refractivity contribution in [2.45, 2.75) is 0 Å². The molecular weight excluding hydrogens is 679 g/mol. The summed E-state index contributed by atoms with van der Waals surface area (Å²) in [5.41, 5.74) is 8.33. The molecule has 0 atom stereocenters. The summed E-state index contributed by atoms with van der Waals surface area (Å²) >= 11 is 3.81. The molecule has 0 saturated heterocycles. The van der Waals surface area contributed by atoms with E-state index in [9.17, 15) is 0 Å². The van der Waals surface area contributed by atoms with Crippen LogP contribution in [-0.2, 0) is 0 Å². The highest BCUT2D eigenvalue weighted by Gasteiger charge is 2.20. The summed E-state index contributed by atoms with van der Waals surface area (Å²) in [7, 11) is 0. The minimum atomic E-state index is 1.13. The summed E-state index contributed by atoms with van der Waals surface area (Å²) in [4.78, 5) is 2.44. The van der Waals surface area contributed by atoms with Crippen LogP contribution < -0.4 is 4.90 Å². The summed E-state index contributed by atoms with van der Waals surface area (Å²) in [6.45, 7) is 0. The molecule has 0 spiro atoms. The molecule has 0 bridgehead atoms. The molecule has 0 aliphatic heterocycles. The van der Waals surface area contributed by atoms with Crippen molar-refractivity contribution in [1.29, 1.82) is 0 Å². The van der Waals surface area contributed by atoms with E-state index in [1.165, 1.54) is 89.8 Å². The van der Waals surface area contributed by atoms with Gasteiger partial charge in [-0.3, -0.25) is 0 Å². The molecule has 0 radical (unpaired) electrons. The molecule has 0 amide bonds. The van der Waals surface area contributed by atoms with Gasteiger partial charge in [0.1, 0.15) is 0 Å². The van der Waals surface area contributed by atoms with Crippen LogP contribution in [0, 0.1) is 0 Å². The average Bonchev–Trinajstić information content (AvgIpc) is 3.81. The number of hydrogen-bond acceptors (Lipinski definition) is 3. The van der Waals surface area contributed by atoms with Crippen LogP contribution in [0.2, 0.25) is 0 Å². The summed E-state index contributed by atoms with van der Waals surface area (Å²) in [6, 6.07) is 69.0. The molecule has 0 saturated carbocycles. The smallest absolute Gasteiger partial charge is 0.0640 e. The Morgan fingerprint density at radius 3 is 1.74 bits per heavy atom. The molecule has 9 aromatic carbocycles. The fraction of sp³-hybridized carbons (Fsp3) is 0. The number of rotatable bonds is 5. The van der Waals surface area contributed by atoms with Crippen LogP contribution in [0.4, 0.5) is 17.1 Å². The molecule has 53 heavy (non-hydrogen) atoms. The fourth-order valence-corrected chi connectivity index (χ4v) is 10.7. The first-order valence-corrected chi connectivity index (χ1v) is 19.6. The van der Waals surface area contributed by atoms with E-state index in [4.69, 9.17) is 0 Å². The highest BCUT2D eigenvalue weighted by molar-refractivity contribution is 7.30. The topological polar surface area (TPSA) is 3.24 Å². The predicted octanol–water partition coefficient (Wildman–Crippen LogP) is 15.5. The molecule has 0 N–H and O–H groups in total. The Kier molecular flexibility index (Phi) is 6.97. The Hall–Kier alpha value is -6.26. The van der Waals surface area contributed by atoms with Crippen LogP contribution >= 0.6 is 22.7 Å². The molecule has 248 valence electrons. The molecule has 2 heterocycles. The maximum atomic E-state index is 2.44. The zero-order valence-electron chi connectivity index (χ0n) is 28.7. The summed E-state index contributed by atoms with van der Waals surface area (Å²) in [5, 5.41) is 10.4. The molecule has 0 aliphatic carbocycles. The maximum Gasteiger partial charge on any atom is 0.0640 e. The minimum absolute atomic E-state index is 1.13. The number of thiophene rings is 2. The Morgan fingerprint density at radius 2 is 0.943 bits per heavy atom. The van der Waals surface area contributed by atoms with E-state index in [-0.39, 0.29) is 0 Å². The molecule has 11 rings (SSSR count). The van der Waals surface area contributed by atoms with Gasteiger partial charge in [-0.15, -0.1) is 22.7 Å². The van der Waals surface area contributed by atoms with E-state index in [1.807, 2.05) is 22.7 Å². The van der Waals surface area contributed by atoms with Gasteiger partial charge in [-0.1, -0.05) is 140 Å². The number of anilines is 3. The number of benzene rings is 9. The lowest BCUT2D eigenvalue weighted by molar-refractivity contribution is 1.30. The van der Waals surface area contributed by atoms with E-state index < -0.39 is 0 Å². The van der Waals surface area contributed by atoms with Crippen molar-refractivity contribution in [3.05, 3.63) is 188 Å². The number of fused-ring (bicyclic) bond motifs is 10. The normalized spacial score (nSPS) is 11.8. The fourth-order valence-electron chi connectivity index (χ4n) is 8.17. The Balaban J connectivity index is 1.11. The lowest BCUT2D eigenvalue weighted by Crippen LogP contribution is -2.10. The maximum absolute atomic E-state index is 2.44. The summed E-state index contributed by atoms with van der Waals surface area (Å²) in [6.07, 6.45) is 0. The molecule has 1 nitrogen and oxygen atoms in total. The molecule has 0 fully saturated rings. The second-order valence-corrected chi connectivity index (χ2v) is 15.8. The first-order valence-electron chi connectivity index (χ1n) is 18.0. The van der Waals surface area contributed by atoms with Crippen LogP contribution in [0.25, 0.3) is 84.1 Å². The van der Waals surface area contributed by atoms with Crippen LogP contribution in [-0.4, -0.2) is 0 Å². The van der Waals surface area contributed by atoms with Crippen molar-refractivity contribution in [2.75, 3.05) is 4.90 Å². The zero-order valence-corrected chi connectivity index (χ0v) is 30.3. The monoisotopic (exact) mass is 709 g/mol. The molecule has 2 aromatic heterocycles. The van der Waals surface area contributed by atoms with E-state index in [0.29, 0.717) is 0 Å². The van der Waals surface area contributed by atoms with Gasteiger partial charge in [0.25, 0.3) is 0 Å². The van der Waals surface area contributed by atoms with Crippen molar-refractivity contribution in [3.63, 3.8) is 0 Å². The first kappa shape index (κ1) is 30.4. The van der Waals surface area contributed by atoms with Gasteiger partial charge in [0.05, 0.1) is 10.4 Å². The third-order valence-electron chi connectivity index (χ3n) is 10.7. The average molecular weight is 710 g/mol. The Labute approximate surface area is 315 Å².